The minimum absolute atomic E-state index is 0.302. The molecule has 14 heteroatoms. The molecule has 0 fully saturated rings. The average Bonchev–Trinajstić information content (AvgIpc) is 2.88. The summed E-state index contributed by atoms with van der Waals surface area (Å²) in [7, 11) is 0. The predicted molar refractivity (Wildman–Crippen MR) is 112 cm³/mol. The molecule has 0 aliphatic heterocycles. The molecule has 0 bridgehead atoms. The zero-order valence-corrected chi connectivity index (χ0v) is 18.4. The monoisotopic (exact) mass is 532 g/mol. The van der Waals surface area contributed by atoms with Crippen LogP contribution in [-0.2, 0) is 17.9 Å². The third-order valence-electron chi connectivity index (χ3n) is 4.80. The molecular weight excluding hydrogens is 516 g/mol. The standard InChI is InChI=1S/C23H16F8N4O2/c24-16-15(17(25)19(27)20(28)18(16)26)21(36)34(32-11-13-7-3-1-4-8-13)35(22(37)23(29,30)31)33-12-14-9-5-2-6-10-14/h1-10,32-33H,11-12H2. The number of carbonyl (C=O) groups excluding carboxylic acids is 2. The summed E-state index contributed by atoms with van der Waals surface area (Å²) in [6, 6.07) is 15.0. The van der Waals surface area contributed by atoms with E-state index in [4.69, 9.17) is 0 Å². The molecule has 3 rings (SSSR count). The van der Waals surface area contributed by atoms with Gasteiger partial charge in [0.1, 0.15) is 5.56 Å². The fraction of sp³-hybridized carbons (Fsp3) is 0.130. The molecule has 0 heterocycles. The van der Waals surface area contributed by atoms with Crippen molar-refractivity contribution >= 4 is 11.8 Å². The van der Waals surface area contributed by atoms with Crippen LogP contribution in [0.15, 0.2) is 60.7 Å². The number of carbonyl (C=O) groups is 2. The quantitative estimate of drug-likeness (QED) is 0.203. The molecule has 0 saturated heterocycles. The van der Waals surface area contributed by atoms with Crippen LogP contribution in [0, 0.1) is 29.1 Å². The Kier molecular flexibility index (Phi) is 8.45. The highest BCUT2D eigenvalue weighted by molar-refractivity contribution is 5.96. The molecule has 3 aromatic rings. The number of nitrogens with one attached hydrogen (secondary N) is 2. The first kappa shape index (κ1) is 27.5. The lowest BCUT2D eigenvalue weighted by atomic mass is 10.1. The molecule has 3 aromatic carbocycles. The van der Waals surface area contributed by atoms with Crippen molar-refractivity contribution in [1.29, 1.82) is 0 Å². The molecule has 2 amide bonds. The van der Waals surface area contributed by atoms with Crippen molar-refractivity contribution in [2.75, 3.05) is 0 Å². The topological polar surface area (TPSA) is 64.7 Å². The van der Waals surface area contributed by atoms with Gasteiger partial charge in [0.25, 0.3) is 5.91 Å². The number of nitrogens with zero attached hydrogens (tertiary/aromatic N) is 2. The van der Waals surface area contributed by atoms with Gasteiger partial charge >= 0.3 is 12.1 Å². The normalized spacial score (nSPS) is 11.4. The smallest absolute Gasteiger partial charge is 0.265 e. The molecule has 2 N–H and O–H groups in total. The van der Waals surface area contributed by atoms with Crippen molar-refractivity contribution in [3.8, 4) is 0 Å². The molecule has 196 valence electrons. The van der Waals surface area contributed by atoms with Gasteiger partial charge in [-0.05, 0) is 11.1 Å². The summed E-state index contributed by atoms with van der Waals surface area (Å²) >= 11 is 0. The van der Waals surface area contributed by atoms with Crippen LogP contribution in [0.4, 0.5) is 35.1 Å². The van der Waals surface area contributed by atoms with E-state index >= 15 is 0 Å². The van der Waals surface area contributed by atoms with E-state index in [2.05, 4.69) is 5.43 Å². The number of rotatable bonds is 7. The van der Waals surface area contributed by atoms with Gasteiger partial charge in [0.05, 0.1) is 0 Å². The Bertz CT molecular complexity index is 1240. The van der Waals surface area contributed by atoms with Gasteiger partial charge in [-0.1, -0.05) is 60.7 Å². The first-order chi connectivity index (χ1) is 17.4. The maximum absolute atomic E-state index is 14.4. The fourth-order valence-electron chi connectivity index (χ4n) is 3.01. The SMILES string of the molecule is O=C(c1c(F)c(F)c(F)c(F)c1F)N(NCc1ccccc1)N(NCc1ccccc1)C(=O)C(F)(F)F. The summed E-state index contributed by atoms with van der Waals surface area (Å²) in [6.45, 7) is -1.02. The summed E-state index contributed by atoms with van der Waals surface area (Å²) in [5, 5.41) is -0.750. The second-order valence-electron chi connectivity index (χ2n) is 7.32. The minimum Gasteiger partial charge on any atom is -0.265 e. The van der Waals surface area contributed by atoms with Gasteiger partial charge in [-0.2, -0.15) is 23.4 Å². The van der Waals surface area contributed by atoms with Crippen LogP contribution in [0.2, 0.25) is 0 Å². The molecule has 0 unspecified atom stereocenters. The van der Waals surface area contributed by atoms with Gasteiger partial charge in [-0.25, -0.2) is 32.8 Å². The van der Waals surface area contributed by atoms with Gasteiger partial charge in [0.15, 0.2) is 23.3 Å². The van der Waals surface area contributed by atoms with E-state index in [1.807, 2.05) is 5.43 Å². The zero-order valence-electron chi connectivity index (χ0n) is 18.4. The third kappa shape index (κ3) is 6.21. The van der Waals surface area contributed by atoms with Gasteiger partial charge < -0.3 is 0 Å². The Labute approximate surface area is 204 Å². The number of halogens is 8. The molecule has 0 atom stereocenters. The Morgan fingerprint density at radius 2 is 1.00 bits per heavy atom. The van der Waals surface area contributed by atoms with Crippen LogP contribution in [0.25, 0.3) is 0 Å². The molecule has 0 aliphatic carbocycles. The highest BCUT2D eigenvalue weighted by atomic mass is 19.4. The first-order valence-electron chi connectivity index (χ1n) is 10.3. The Balaban J connectivity index is 2.09. The van der Waals surface area contributed by atoms with E-state index in [0.717, 1.165) is 0 Å². The van der Waals surface area contributed by atoms with Crippen LogP contribution in [-0.4, -0.2) is 28.2 Å². The van der Waals surface area contributed by atoms with Crippen molar-refractivity contribution in [2.45, 2.75) is 19.3 Å². The molecule has 0 saturated carbocycles. The molecular formula is C23H16F8N4O2. The van der Waals surface area contributed by atoms with Gasteiger partial charge in [-0.3, -0.25) is 9.59 Å². The molecule has 0 radical (unpaired) electrons. The number of hydrazine groups is 3. The fourth-order valence-corrected chi connectivity index (χ4v) is 3.01. The zero-order chi connectivity index (χ0) is 27.3. The predicted octanol–water partition coefficient (Wildman–Crippen LogP) is 4.54. The van der Waals surface area contributed by atoms with E-state index in [9.17, 15) is 44.7 Å². The maximum Gasteiger partial charge on any atom is 0.474 e. The second kappa shape index (κ2) is 11.3. The first-order valence-corrected chi connectivity index (χ1v) is 10.3. The van der Waals surface area contributed by atoms with E-state index in [1.165, 1.54) is 48.5 Å². The summed E-state index contributed by atoms with van der Waals surface area (Å²) in [5.41, 5.74) is 2.64. The minimum atomic E-state index is -5.63. The van der Waals surface area contributed by atoms with E-state index < -0.39 is 70.8 Å². The Morgan fingerprint density at radius 1 is 0.622 bits per heavy atom. The molecule has 0 aromatic heterocycles. The van der Waals surface area contributed by atoms with Gasteiger partial charge in [0, 0.05) is 13.1 Å². The van der Waals surface area contributed by atoms with Crippen molar-refractivity contribution in [1.82, 2.24) is 21.1 Å². The van der Waals surface area contributed by atoms with Crippen LogP contribution in [0.3, 0.4) is 0 Å². The van der Waals surface area contributed by atoms with E-state index in [1.54, 1.807) is 12.1 Å². The average molecular weight is 532 g/mol. The van der Waals surface area contributed by atoms with Crippen LogP contribution >= 0.6 is 0 Å². The summed E-state index contributed by atoms with van der Waals surface area (Å²) < 4.78 is 110. The van der Waals surface area contributed by atoms with Crippen LogP contribution < -0.4 is 10.9 Å². The highest BCUT2D eigenvalue weighted by Gasteiger charge is 2.47. The highest BCUT2D eigenvalue weighted by Crippen LogP contribution is 2.26. The van der Waals surface area contributed by atoms with E-state index in [0.29, 0.717) is 11.1 Å². The number of alkyl halides is 3. The van der Waals surface area contributed by atoms with E-state index in [-0.39, 0.29) is 5.12 Å². The van der Waals surface area contributed by atoms with Gasteiger partial charge in [0.2, 0.25) is 5.82 Å². The molecule has 6 nitrogen and oxygen atoms in total. The third-order valence-corrected chi connectivity index (χ3v) is 4.80. The molecule has 37 heavy (non-hydrogen) atoms. The molecule has 0 spiro atoms. The lowest BCUT2D eigenvalue weighted by Gasteiger charge is -2.35. The van der Waals surface area contributed by atoms with Gasteiger partial charge in [-0.15, -0.1) is 0 Å². The van der Waals surface area contributed by atoms with Crippen LogP contribution in [0.1, 0.15) is 21.5 Å². The number of benzene rings is 3. The number of amides is 2. The second-order valence-corrected chi connectivity index (χ2v) is 7.32. The number of hydrogen-bond donors (Lipinski definition) is 2. The molecule has 0 aliphatic rings. The summed E-state index contributed by atoms with van der Waals surface area (Å²) in [6.07, 6.45) is -5.63. The van der Waals surface area contributed by atoms with Crippen molar-refractivity contribution in [3.05, 3.63) is 106 Å². The Hall–Kier alpha value is -4.04. The van der Waals surface area contributed by atoms with Crippen molar-refractivity contribution < 1.29 is 44.7 Å². The van der Waals surface area contributed by atoms with Crippen LogP contribution in [0.5, 0.6) is 0 Å². The van der Waals surface area contributed by atoms with Crippen molar-refractivity contribution in [2.24, 2.45) is 0 Å². The lowest BCUT2D eigenvalue weighted by molar-refractivity contribution is -0.209. The number of hydrogen-bond acceptors (Lipinski definition) is 4. The Morgan fingerprint density at radius 3 is 1.41 bits per heavy atom. The largest absolute Gasteiger partial charge is 0.474 e. The van der Waals surface area contributed by atoms with Crippen molar-refractivity contribution in [3.63, 3.8) is 0 Å². The summed E-state index contributed by atoms with van der Waals surface area (Å²) in [4.78, 5) is 25.3. The maximum atomic E-state index is 14.4. The summed E-state index contributed by atoms with van der Waals surface area (Å²) in [5.74, 6) is -17.7. The lowest BCUT2D eigenvalue weighted by Crippen LogP contribution is -2.64.